The molecule has 0 saturated heterocycles. The molecular formula is C16H16FN3O2. The average molecular weight is 301 g/mol. The quantitative estimate of drug-likeness (QED) is 0.583. The highest BCUT2D eigenvalue weighted by Crippen LogP contribution is 2.28. The number of benzene rings is 1. The molecule has 0 spiro atoms. The maximum absolute atomic E-state index is 13.4. The Bertz CT molecular complexity index is 704. The summed E-state index contributed by atoms with van der Waals surface area (Å²) in [6.07, 6.45) is 4.01. The molecule has 0 radical (unpaired) electrons. The van der Waals surface area contributed by atoms with Gasteiger partial charge in [0.1, 0.15) is 5.82 Å². The van der Waals surface area contributed by atoms with Crippen molar-refractivity contribution in [1.29, 1.82) is 0 Å². The molecule has 22 heavy (non-hydrogen) atoms. The van der Waals surface area contributed by atoms with Crippen molar-refractivity contribution in [2.24, 2.45) is 0 Å². The fourth-order valence-corrected chi connectivity index (χ4v) is 2.17. The normalized spacial score (nSPS) is 11.7. The molecule has 0 fully saturated rings. The number of hydrogen-bond donors (Lipinski definition) is 3. The number of nitrogens with one attached hydrogen (secondary N) is 1. The van der Waals surface area contributed by atoms with Gasteiger partial charge in [-0.2, -0.15) is 0 Å². The Morgan fingerprint density at radius 1 is 1.45 bits per heavy atom. The van der Waals surface area contributed by atoms with Gasteiger partial charge in [-0.25, -0.2) is 9.18 Å². The number of rotatable bonds is 5. The fraction of sp³-hybridized carbons (Fsp3) is 0.125. The molecule has 1 amide bonds. The lowest BCUT2D eigenvalue weighted by Crippen LogP contribution is -2.26. The van der Waals surface area contributed by atoms with Crippen LogP contribution < -0.4 is 11.1 Å². The number of carboxylic acid groups (broad SMARTS) is 1. The second kappa shape index (κ2) is 6.71. The van der Waals surface area contributed by atoms with Gasteiger partial charge in [0.25, 0.3) is 0 Å². The van der Waals surface area contributed by atoms with Crippen molar-refractivity contribution in [3.8, 4) is 11.1 Å². The molecule has 0 aliphatic carbocycles. The van der Waals surface area contributed by atoms with Crippen molar-refractivity contribution >= 4 is 11.8 Å². The second-order valence-electron chi connectivity index (χ2n) is 4.76. The molecular weight excluding hydrogens is 285 g/mol. The van der Waals surface area contributed by atoms with E-state index in [9.17, 15) is 9.18 Å². The summed E-state index contributed by atoms with van der Waals surface area (Å²) in [7, 11) is 0. The minimum absolute atomic E-state index is 0.402. The van der Waals surface area contributed by atoms with Gasteiger partial charge in [-0.15, -0.1) is 6.58 Å². The number of aromatic nitrogens is 1. The fourth-order valence-electron chi connectivity index (χ4n) is 2.17. The second-order valence-corrected chi connectivity index (χ2v) is 4.76. The summed E-state index contributed by atoms with van der Waals surface area (Å²) in [5, 5.41) is 11.3. The number of nitrogens with two attached hydrogens (primary N) is 1. The molecule has 1 aromatic carbocycles. The summed E-state index contributed by atoms with van der Waals surface area (Å²) in [4.78, 5) is 15.0. The van der Waals surface area contributed by atoms with Gasteiger partial charge in [-0.1, -0.05) is 6.08 Å². The smallest absolute Gasteiger partial charge is 0.405 e. The molecule has 1 aromatic heterocycles. The first-order valence-electron chi connectivity index (χ1n) is 6.62. The Morgan fingerprint density at radius 2 is 2.23 bits per heavy atom. The summed E-state index contributed by atoms with van der Waals surface area (Å²) in [5.74, 6) is -0.402. The van der Waals surface area contributed by atoms with Gasteiger partial charge in [0.15, 0.2) is 0 Å². The highest BCUT2D eigenvalue weighted by Gasteiger charge is 2.14. The number of amides is 1. The van der Waals surface area contributed by atoms with Crippen molar-refractivity contribution in [1.82, 2.24) is 10.3 Å². The van der Waals surface area contributed by atoms with Gasteiger partial charge < -0.3 is 16.2 Å². The number of pyridine rings is 1. The van der Waals surface area contributed by atoms with Gasteiger partial charge in [-0.3, -0.25) is 4.98 Å². The number of nitrogen functional groups attached to an aromatic ring is 1. The Kier molecular flexibility index (Phi) is 4.73. The molecule has 1 heterocycles. The molecule has 4 N–H and O–H groups in total. The SMILES string of the molecule is C=CCC(NC(=O)O)c1cncc(-c2cc(F)ccc2N)c1. The minimum atomic E-state index is -1.14. The number of hydrogen-bond acceptors (Lipinski definition) is 3. The summed E-state index contributed by atoms with van der Waals surface area (Å²) < 4.78 is 13.4. The molecule has 0 saturated carbocycles. The molecule has 5 nitrogen and oxygen atoms in total. The average Bonchev–Trinajstić information content (AvgIpc) is 2.49. The van der Waals surface area contributed by atoms with Crippen LogP contribution in [0.25, 0.3) is 11.1 Å². The van der Waals surface area contributed by atoms with E-state index in [2.05, 4.69) is 16.9 Å². The van der Waals surface area contributed by atoms with Crippen LogP contribution in [0.5, 0.6) is 0 Å². The van der Waals surface area contributed by atoms with Crippen LogP contribution in [0.4, 0.5) is 14.9 Å². The van der Waals surface area contributed by atoms with E-state index in [4.69, 9.17) is 10.8 Å². The maximum Gasteiger partial charge on any atom is 0.405 e. The predicted octanol–water partition coefficient (Wildman–Crippen LogP) is 3.35. The highest BCUT2D eigenvalue weighted by atomic mass is 19.1. The number of halogens is 1. The zero-order valence-corrected chi connectivity index (χ0v) is 11.8. The standard InChI is InChI=1S/C16H16FN3O2/c1-2-3-15(20-16(21)22)11-6-10(8-19-9-11)13-7-12(17)4-5-14(13)18/h2,4-9,15,20H,1,3,18H2,(H,21,22). The van der Waals surface area contributed by atoms with Crippen molar-refractivity contribution in [3.05, 3.63) is 60.7 Å². The molecule has 2 aromatic rings. The zero-order chi connectivity index (χ0) is 16.1. The first-order valence-corrected chi connectivity index (χ1v) is 6.62. The monoisotopic (exact) mass is 301 g/mol. The summed E-state index contributed by atoms with van der Waals surface area (Å²) in [5.41, 5.74) is 8.08. The lowest BCUT2D eigenvalue weighted by atomic mass is 10.00. The molecule has 0 bridgehead atoms. The van der Waals surface area contributed by atoms with Crippen LogP contribution in [-0.2, 0) is 0 Å². The van der Waals surface area contributed by atoms with Gasteiger partial charge >= 0.3 is 6.09 Å². The minimum Gasteiger partial charge on any atom is -0.465 e. The van der Waals surface area contributed by atoms with Crippen LogP contribution in [0.3, 0.4) is 0 Å². The van der Waals surface area contributed by atoms with Crippen LogP contribution in [0, 0.1) is 5.82 Å². The van der Waals surface area contributed by atoms with Crippen molar-refractivity contribution < 1.29 is 14.3 Å². The molecule has 1 unspecified atom stereocenters. The zero-order valence-electron chi connectivity index (χ0n) is 11.8. The molecule has 6 heteroatoms. The van der Waals surface area contributed by atoms with Crippen LogP contribution in [0.1, 0.15) is 18.0 Å². The summed E-state index contributed by atoms with van der Waals surface area (Å²) in [6.45, 7) is 3.62. The molecule has 1 atom stereocenters. The Hall–Kier alpha value is -2.89. The first kappa shape index (κ1) is 15.5. The van der Waals surface area contributed by atoms with Gasteiger partial charge in [0, 0.05) is 29.2 Å². The van der Waals surface area contributed by atoms with Crippen molar-refractivity contribution in [3.63, 3.8) is 0 Å². The van der Waals surface area contributed by atoms with Crippen molar-refractivity contribution in [2.75, 3.05) is 5.73 Å². The Balaban J connectivity index is 2.42. The molecule has 0 aliphatic rings. The lowest BCUT2D eigenvalue weighted by molar-refractivity contribution is 0.190. The van der Waals surface area contributed by atoms with Gasteiger partial charge in [-0.05, 0) is 36.2 Å². The lowest BCUT2D eigenvalue weighted by Gasteiger charge is -2.16. The van der Waals surface area contributed by atoms with E-state index in [0.29, 0.717) is 28.8 Å². The highest BCUT2D eigenvalue weighted by molar-refractivity contribution is 5.76. The molecule has 114 valence electrons. The third kappa shape index (κ3) is 3.60. The van der Waals surface area contributed by atoms with Crippen LogP contribution in [0.2, 0.25) is 0 Å². The van der Waals surface area contributed by atoms with E-state index in [1.165, 1.54) is 18.2 Å². The molecule has 0 aliphatic heterocycles. The summed E-state index contributed by atoms with van der Waals surface area (Å²) in [6, 6.07) is 5.35. The van der Waals surface area contributed by atoms with Crippen molar-refractivity contribution in [2.45, 2.75) is 12.5 Å². The van der Waals surface area contributed by atoms with Gasteiger partial charge in [0.2, 0.25) is 0 Å². The third-order valence-corrected chi connectivity index (χ3v) is 3.19. The topological polar surface area (TPSA) is 88.2 Å². The molecule has 2 rings (SSSR count). The number of nitrogens with zero attached hydrogens (tertiary/aromatic N) is 1. The third-order valence-electron chi connectivity index (χ3n) is 3.19. The summed E-state index contributed by atoms with van der Waals surface area (Å²) >= 11 is 0. The number of anilines is 1. The predicted molar refractivity (Wildman–Crippen MR) is 82.8 cm³/mol. The van der Waals surface area contributed by atoms with Crippen LogP contribution in [0.15, 0.2) is 49.3 Å². The number of carbonyl (C=O) groups is 1. The van der Waals surface area contributed by atoms with E-state index in [-0.39, 0.29) is 0 Å². The van der Waals surface area contributed by atoms with E-state index in [0.717, 1.165) is 0 Å². The van der Waals surface area contributed by atoms with E-state index in [1.54, 1.807) is 24.5 Å². The van der Waals surface area contributed by atoms with Crippen LogP contribution in [-0.4, -0.2) is 16.2 Å². The van der Waals surface area contributed by atoms with Gasteiger partial charge in [0.05, 0.1) is 6.04 Å². The van der Waals surface area contributed by atoms with E-state index in [1.807, 2.05) is 0 Å². The van der Waals surface area contributed by atoms with Crippen LogP contribution >= 0.6 is 0 Å². The maximum atomic E-state index is 13.4. The Labute approximate surface area is 127 Å². The first-order chi connectivity index (χ1) is 10.5. The van der Waals surface area contributed by atoms with E-state index < -0.39 is 18.0 Å². The Morgan fingerprint density at radius 3 is 2.91 bits per heavy atom. The van der Waals surface area contributed by atoms with E-state index >= 15 is 0 Å². The largest absolute Gasteiger partial charge is 0.465 e.